The molecule has 0 bridgehead atoms. The summed E-state index contributed by atoms with van der Waals surface area (Å²) < 4.78 is 0. The van der Waals surface area contributed by atoms with Crippen molar-refractivity contribution >= 4 is 11.8 Å². The molecule has 12 heavy (non-hydrogen) atoms. The molecule has 2 atom stereocenters. The van der Waals surface area contributed by atoms with Crippen LogP contribution in [0.2, 0.25) is 0 Å². The summed E-state index contributed by atoms with van der Waals surface area (Å²) in [5.74, 6) is 2.39. The van der Waals surface area contributed by atoms with Gasteiger partial charge in [0.25, 0.3) is 0 Å². The topological polar surface area (TPSA) is 12.0 Å². The summed E-state index contributed by atoms with van der Waals surface area (Å²) in [5, 5.41) is 3.73. The third-order valence-electron chi connectivity index (χ3n) is 2.90. The van der Waals surface area contributed by atoms with E-state index in [1.165, 1.54) is 31.4 Å². The van der Waals surface area contributed by atoms with Crippen LogP contribution in [0, 0.1) is 5.92 Å². The molecule has 0 spiro atoms. The summed E-state index contributed by atoms with van der Waals surface area (Å²) >= 11 is 2.13. The van der Waals surface area contributed by atoms with Gasteiger partial charge in [-0.25, -0.2) is 0 Å². The summed E-state index contributed by atoms with van der Waals surface area (Å²) in [6.45, 7) is 4.69. The van der Waals surface area contributed by atoms with Crippen LogP contribution >= 0.6 is 11.8 Å². The fourth-order valence-corrected chi connectivity index (χ4v) is 3.65. The maximum Gasteiger partial charge on any atom is 0.0621 e. The SMILES string of the molecule is CC1CCSC(C)(CC2CC2)N1. The van der Waals surface area contributed by atoms with Crippen LogP contribution in [0.3, 0.4) is 0 Å². The van der Waals surface area contributed by atoms with Crippen molar-refractivity contribution in [1.82, 2.24) is 5.32 Å². The average Bonchev–Trinajstić information content (AvgIpc) is 2.69. The van der Waals surface area contributed by atoms with Gasteiger partial charge in [0.2, 0.25) is 0 Å². The number of hydrogen-bond donors (Lipinski definition) is 1. The zero-order valence-electron chi connectivity index (χ0n) is 8.10. The molecule has 0 aromatic heterocycles. The summed E-state index contributed by atoms with van der Waals surface area (Å²) in [4.78, 5) is 0.402. The molecule has 1 aliphatic heterocycles. The second kappa shape index (κ2) is 3.22. The highest BCUT2D eigenvalue weighted by Crippen LogP contribution is 2.42. The van der Waals surface area contributed by atoms with Crippen molar-refractivity contribution < 1.29 is 0 Å². The molecule has 2 fully saturated rings. The van der Waals surface area contributed by atoms with Gasteiger partial charge in [0.05, 0.1) is 4.87 Å². The molecule has 2 unspecified atom stereocenters. The molecule has 0 radical (unpaired) electrons. The lowest BCUT2D eigenvalue weighted by Gasteiger charge is -2.38. The molecule has 1 N–H and O–H groups in total. The Morgan fingerprint density at radius 1 is 1.42 bits per heavy atom. The summed E-state index contributed by atoms with van der Waals surface area (Å²) in [6, 6.07) is 0.731. The van der Waals surface area contributed by atoms with Crippen molar-refractivity contribution in [3.8, 4) is 0 Å². The molecule has 2 heteroatoms. The second-order valence-corrected chi connectivity index (χ2v) is 6.16. The molecule has 1 aliphatic carbocycles. The van der Waals surface area contributed by atoms with Crippen molar-refractivity contribution in [2.24, 2.45) is 5.92 Å². The monoisotopic (exact) mass is 185 g/mol. The molecular formula is C10H19NS. The first kappa shape index (κ1) is 8.89. The lowest BCUT2D eigenvalue weighted by Crippen LogP contribution is -2.48. The van der Waals surface area contributed by atoms with Crippen LogP contribution in [0.25, 0.3) is 0 Å². The molecule has 2 aliphatic rings. The minimum Gasteiger partial charge on any atom is -0.300 e. The molecular weight excluding hydrogens is 166 g/mol. The van der Waals surface area contributed by atoms with E-state index in [-0.39, 0.29) is 0 Å². The highest BCUT2D eigenvalue weighted by Gasteiger charge is 2.36. The summed E-state index contributed by atoms with van der Waals surface area (Å²) in [5.41, 5.74) is 0. The maximum atomic E-state index is 3.73. The highest BCUT2D eigenvalue weighted by molar-refractivity contribution is 8.00. The van der Waals surface area contributed by atoms with Gasteiger partial charge in [-0.2, -0.15) is 0 Å². The molecule has 1 saturated heterocycles. The van der Waals surface area contributed by atoms with Crippen LogP contribution in [0.15, 0.2) is 0 Å². The van der Waals surface area contributed by atoms with Crippen LogP contribution in [0.5, 0.6) is 0 Å². The van der Waals surface area contributed by atoms with Crippen LogP contribution in [0.4, 0.5) is 0 Å². The van der Waals surface area contributed by atoms with E-state index in [4.69, 9.17) is 0 Å². The van der Waals surface area contributed by atoms with Gasteiger partial charge in [0.1, 0.15) is 0 Å². The molecule has 70 valence electrons. The molecule has 2 rings (SSSR count). The van der Waals surface area contributed by atoms with Crippen LogP contribution in [0.1, 0.15) is 39.5 Å². The predicted molar refractivity (Wildman–Crippen MR) is 55.4 cm³/mol. The van der Waals surface area contributed by atoms with Crippen molar-refractivity contribution in [1.29, 1.82) is 0 Å². The Morgan fingerprint density at radius 3 is 2.75 bits per heavy atom. The van der Waals surface area contributed by atoms with E-state index in [2.05, 4.69) is 30.9 Å². The molecule has 0 amide bonds. The molecule has 0 aromatic carbocycles. The van der Waals surface area contributed by atoms with Crippen LogP contribution < -0.4 is 5.32 Å². The molecule has 1 nitrogen and oxygen atoms in total. The minimum atomic E-state index is 0.402. The summed E-state index contributed by atoms with van der Waals surface area (Å²) in [7, 11) is 0. The Labute approximate surface area is 79.7 Å². The van der Waals surface area contributed by atoms with E-state index >= 15 is 0 Å². The smallest absolute Gasteiger partial charge is 0.0621 e. The lowest BCUT2D eigenvalue weighted by atomic mass is 10.1. The van der Waals surface area contributed by atoms with Crippen molar-refractivity contribution in [2.75, 3.05) is 5.75 Å². The normalized spacial score (nSPS) is 43.0. The van der Waals surface area contributed by atoms with Gasteiger partial charge in [0.15, 0.2) is 0 Å². The number of hydrogen-bond acceptors (Lipinski definition) is 2. The molecule has 0 aromatic rings. The Bertz CT molecular complexity index is 163. The Balaban J connectivity index is 1.88. The Hall–Kier alpha value is 0.310. The average molecular weight is 185 g/mol. The van der Waals surface area contributed by atoms with Gasteiger partial charge in [-0.15, -0.1) is 11.8 Å². The maximum absolute atomic E-state index is 3.73. The van der Waals surface area contributed by atoms with E-state index in [1.807, 2.05) is 0 Å². The van der Waals surface area contributed by atoms with Gasteiger partial charge in [-0.3, -0.25) is 0 Å². The third-order valence-corrected chi connectivity index (χ3v) is 4.26. The van der Waals surface area contributed by atoms with E-state index < -0.39 is 0 Å². The fourth-order valence-electron chi connectivity index (χ4n) is 2.09. The van der Waals surface area contributed by atoms with Crippen LogP contribution in [-0.4, -0.2) is 16.7 Å². The minimum absolute atomic E-state index is 0.402. The van der Waals surface area contributed by atoms with Crippen LogP contribution in [-0.2, 0) is 0 Å². The highest BCUT2D eigenvalue weighted by atomic mass is 32.2. The first-order valence-corrected chi connectivity index (χ1v) is 6.08. The predicted octanol–water partition coefficient (Wildman–Crippen LogP) is 2.62. The van der Waals surface area contributed by atoms with Gasteiger partial charge in [-0.05, 0) is 38.4 Å². The largest absolute Gasteiger partial charge is 0.300 e. The van der Waals surface area contributed by atoms with E-state index in [0.29, 0.717) is 4.87 Å². The quantitative estimate of drug-likeness (QED) is 0.710. The van der Waals surface area contributed by atoms with Crippen molar-refractivity contribution in [3.63, 3.8) is 0 Å². The fraction of sp³-hybridized carbons (Fsp3) is 1.00. The van der Waals surface area contributed by atoms with Gasteiger partial charge >= 0.3 is 0 Å². The van der Waals surface area contributed by atoms with Gasteiger partial charge in [0, 0.05) is 6.04 Å². The van der Waals surface area contributed by atoms with Crippen molar-refractivity contribution in [3.05, 3.63) is 0 Å². The Morgan fingerprint density at radius 2 is 2.17 bits per heavy atom. The second-order valence-electron chi connectivity index (χ2n) is 4.56. The third kappa shape index (κ3) is 2.17. The number of rotatable bonds is 2. The first-order valence-electron chi connectivity index (χ1n) is 5.10. The number of thioether (sulfide) groups is 1. The summed E-state index contributed by atoms with van der Waals surface area (Å²) in [6.07, 6.45) is 5.69. The standard InChI is InChI=1S/C10H19NS/c1-8-5-6-12-10(2,11-8)7-9-3-4-9/h8-9,11H,3-7H2,1-2H3. The number of nitrogens with one attached hydrogen (secondary N) is 1. The van der Waals surface area contributed by atoms with Gasteiger partial charge in [-0.1, -0.05) is 12.8 Å². The Kier molecular flexibility index (Phi) is 2.39. The van der Waals surface area contributed by atoms with E-state index in [0.717, 1.165) is 12.0 Å². The van der Waals surface area contributed by atoms with Crippen molar-refractivity contribution in [2.45, 2.75) is 50.4 Å². The zero-order chi connectivity index (χ0) is 8.60. The first-order chi connectivity index (χ1) is 5.68. The van der Waals surface area contributed by atoms with Gasteiger partial charge < -0.3 is 5.32 Å². The zero-order valence-corrected chi connectivity index (χ0v) is 8.91. The van der Waals surface area contributed by atoms with E-state index in [9.17, 15) is 0 Å². The van der Waals surface area contributed by atoms with E-state index in [1.54, 1.807) is 0 Å². The lowest BCUT2D eigenvalue weighted by molar-refractivity contribution is 0.376. The molecule has 1 heterocycles. The molecule has 1 saturated carbocycles.